The number of hydrogen-bond acceptors (Lipinski definition) is 4. The molecule has 1 aliphatic heterocycles. The van der Waals surface area contributed by atoms with Crippen molar-refractivity contribution in [2.24, 2.45) is 0 Å². The molecule has 1 saturated heterocycles. The van der Waals surface area contributed by atoms with Crippen molar-refractivity contribution >= 4 is 48.7 Å². The maximum Gasteiger partial charge on any atom is 0.186 e. The van der Waals surface area contributed by atoms with Crippen LogP contribution in [0.1, 0.15) is 5.56 Å². The molecule has 128 valence electrons. The fourth-order valence-corrected chi connectivity index (χ4v) is 4.61. The van der Waals surface area contributed by atoms with E-state index in [0.717, 1.165) is 47.8 Å². The Labute approximate surface area is 160 Å². The first kappa shape index (κ1) is 16.8. The van der Waals surface area contributed by atoms with Gasteiger partial charge in [-0.2, -0.15) is 0 Å². The van der Waals surface area contributed by atoms with E-state index in [9.17, 15) is 0 Å². The summed E-state index contributed by atoms with van der Waals surface area (Å²) in [5, 5.41) is 1.15. The van der Waals surface area contributed by atoms with E-state index in [1.807, 2.05) is 0 Å². The molecule has 2 heterocycles. The second kappa shape index (κ2) is 7.68. The highest BCUT2D eigenvalue weighted by molar-refractivity contribution is 9.10. The SMILES string of the molecule is Brc1ccc2nc(N3CCN(C/C=C/c4ccccc4)CC3)sc2c1. The summed E-state index contributed by atoms with van der Waals surface area (Å²) in [5.74, 6) is 0. The third-order valence-electron chi connectivity index (χ3n) is 4.46. The van der Waals surface area contributed by atoms with Gasteiger partial charge in [-0.05, 0) is 23.8 Å². The molecule has 3 nitrogen and oxygen atoms in total. The van der Waals surface area contributed by atoms with Gasteiger partial charge in [-0.15, -0.1) is 0 Å². The zero-order valence-electron chi connectivity index (χ0n) is 13.9. The lowest BCUT2D eigenvalue weighted by Gasteiger charge is -2.33. The predicted molar refractivity (Wildman–Crippen MR) is 111 cm³/mol. The van der Waals surface area contributed by atoms with Crippen LogP contribution in [-0.2, 0) is 0 Å². The molecule has 0 N–H and O–H groups in total. The van der Waals surface area contributed by atoms with Crippen LogP contribution in [0.3, 0.4) is 0 Å². The number of thiazole rings is 1. The maximum absolute atomic E-state index is 4.80. The standard InChI is InChI=1S/C20H20BrN3S/c21-17-8-9-18-19(15-17)25-20(22-18)24-13-11-23(12-14-24)10-4-7-16-5-2-1-3-6-16/h1-9,15H,10-14H2/b7-4+. The van der Waals surface area contributed by atoms with Crippen molar-refractivity contribution < 1.29 is 0 Å². The molecule has 4 rings (SSSR count). The fourth-order valence-electron chi connectivity index (χ4n) is 3.05. The quantitative estimate of drug-likeness (QED) is 0.606. The van der Waals surface area contributed by atoms with E-state index in [-0.39, 0.29) is 0 Å². The second-order valence-electron chi connectivity index (χ2n) is 6.21. The van der Waals surface area contributed by atoms with Gasteiger partial charge in [0.1, 0.15) is 0 Å². The lowest BCUT2D eigenvalue weighted by atomic mass is 10.2. The molecular weight excluding hydrogens is 394 g/mol. The van der Waals surface area contributed by atoms with Crippen molar-refractivity contribution in [3.8, 4) is 0 Å². The van der Waals surface area contributed by atoms with Gasteiger partial charge in [-0.25, -0.2) is 4.98 Å². The monoisotopic (exact) mass is 413 g/mol. The number of benzene rings is 2. The van der Waals surface area contributed by atoms with Crippen LogP contribution in [0.25, 0.3) is 16.3 Å². The van der Waals surface area contributed by atoms with Crippen LogP contribution in [0.15, 0.2) is 59.1 Å². The summed E-state index contributed by atoms with van der Waals surface area (Å²) in [6.45, 7) is 5.26. The Morgan fingerprint density at radius 3 is 2.64 bits per heavy atom. The van der Waals surface area contributed by atoms with Crippen LogP contribution >= 0.6 is 27.3 Å². The number of halogens is 1. The van der Waals surface area contributed by atoms with Gasteiger partial charge in [0.05, 0.1) is 10.2 Å². The van der Waals surface area contributed by atoms with Crippen molar-refractivity contribution in [3.05, 3.63) is 64.6 Å². The number of nitrogens with zero attached hydrogens (tertiary/aromatic N) is 3. The summed E-state index contributed by atoms with van der Waals surface area (Å²) in [6.07, 6.45) is 4.47. The zero-order chi connectivity index (χ0) is 17.1. The van der Waals surface area contributed by atoms with Crippen molar-refractivity contribution in [1.82, 2.24) is 9.88 Å². The molecule has 0 radical (unpaired) electrons. The molecule has 0 saturated carbocycles. The number of aromatic nitrogens is 1. The van der Waals surface area contributed by atoms with Crippen LogP contribution < -0.4 is 4.90 Å². The van der Waals surface area contributed by atoms with E-state index in [4.69, 9.17) is 4.98 Å². The number of anilines is 1. The van der Waals surface area contributed by atoms with E-state index in [1.165, 1.54) is 10.3 Å². The molecule has 5 heteroatoms. The molecule has 2 aromatic carbocycles. The molecule has 0 aliphatic carbocycles. The van der Waals surface area contributed by atoms with Gasteiger partial charge in [0.25, 0.3) is 0 Å². The Bertz CT molecular complexity index is 867. The Morgan fingerprint density at radius 2 is 1.84 bits per heavy atom. The molecule has 0 spiro atoms. The average Bonchev–Trinajstić information content (AvgIpc) is 3.06. The van der Waals surface area contributed by atoms with E-state index in [0.29, 0.717) is 0 Å². The molecular formula is C20H20BrN3S. The smallest absolute Gasteiger partial charge is 0.186 e. The van der Waals surface area contributed by atoms with Crippen molar-refractivity contribution in [2.45, 2.75) is 0 Å². The van der Waals surface area contributed by atoms with Gasteiger partial charge in [-0.1, -0.05) is 69.8 Å². The normalized spacial score (nSPS) is 16.1. The van der Waals surface area contributed by atoms with Crippen molar-refractivity contribution in [1.29, 1.82) is 0 Å². The Morgan fingerprint density at radius 1 is 1.04 bits per heavy atom. The van der Waals surface area contributed by atoms with Gasteiger partial charge in [-0.3, -0.25) is 4.90 Å². The van der Waals surface area contributed by atoms with Crippen LogP contribution in [0.2, 0.25) is 0 Å². The van der Waals surface area contributed by atoms with E-state index >= 15 is 0 Å². The van der Waals surface area contributed by atoms with Crippen LogP contribution in [0.4, 0.5) is 5.13 Å². The van der Waals surface area contributed by atoms with Gasteiger partial charge >= 0.3 is 0 Å². The Hall–Kier alpha value is -1.69. The van der Waals surface area contributed by atoms with Gasteiger partial charge in [0.2, 0.25) is 0 Å². The lowest BCUT2D eigenvalue weighted by molar-refractivity contribution is 0.284. The number of rotatable bonds is 4. The lowest BCUT2D eigenvalue weighted by Crippen LogP contribution is -2.46. The molecule has 1 aliphatic rings. The van der Waals surface area contributed by atoms with Crippen LogP contribution in [-0.4, -0.2) is 42.6 Å². The average molecular weight is 414 g/mol. The summed E-state index contributed by atoms with van der Waals surface area (Å²) in [6, 6.07) is 16.8. The first-order valence-corrected chi connectivity index (χ1v) is 10.1. The molecule has 0 atom stereocenters. The summed E-state index contributed by atoms with van der Waals surface area (Å²) < 4.78 is 2.36. The van der Waals surface area contributed by atoms with E-state index in [2.05, 4.69) is 86.4 Å². The summed E-state index contributed by atoms with van der Waals surface area (Å²) in [4.78, 5) is 9.71. The molecule has 0 unspecified atom stereocenters. The number of hydrogen-bond donors (Lipinski definition) is 0. The Balaban J connectivity index is 1.33. The van der Waals surface area contributed by atoms with Crippen molar-refractivity contribution in [3.63, 3.8) is 0 Å². The molecule has 0 amide bonds. The molecule has 0 bridgehead atoms. The van der Waals surface area contributed by atoms with Gasteiger partial charge < -0.3 is 4.90 Å². The zero-order valence-corrected chi connectivity index (χ0v) is 16.3. The molecule has 1 aromatic heterocycles. The third kappa shape index (κ3) is 4.11. The van der Waals surface area contributed by atoms with Crippen molar-refractivity contribution in [2.75, 3.05) is 37.6 Å². The van der Waals surface area contributed by atoms with E-state index < -0.39 is 0 Å². The maximum atomic E-state index is 4.80. The Kier molecular flexibility index (Phi) is 5.15. The summed E-state index contributed by atoms with van der Waals surface area (Å²) in [7, 11) is 0. The van der Waals surface area contributed by atoms with Crippen LogP contribution in [0.5, 0.6) is 0 Å². The minimum Gasteiger partial charge on any atom is -0.345 e. The second-order valence-corrected chi connectivity index (χ2v) is 8.13. The van der Waals surface area contributed by atoms with Gasteiger partial charge in [0.15, 0.2) is 5.13 Å². The molecule has 3 aromatic rings. The number of fused-ring (bicyclic) bond motifs is 1. The minimum absolute atomic E-state index is 1.01. The molecule has 1 fully saturated rings. The summed E-state index contributed by atoms with van der Waals surface area (Å²) >= 11 is 5.33. The summed E-state index contributed by atoms with van der Waals surface area (Å²) in [5.41, 5.74) is 2.36. The fraction of sp³-hybridized carbons (Fsp3) is 0.250. The topological polar surface area (TPSA) is 19.4 Å². The highest BCUT2D eigenvalue weighted by Crippen LogP contribution is 2.31. The minimum atomic E-state index is 1.01. The predicted octanol–water partition coefficient (Wildman–Crippen LogP) is 4.89. The van der Waals surface area contributed by atoms with E-state index in [1.54, 1.807) is 11.3 Å². The largest absolute Gasteiger partial charge is 0.345 e. The molecule has 25 heavy (non-hydrogen) atoms. The van der Waals surface area contributed by atoms with Gasteiger partial charge in [0, 0.05) is 37.2 Å². The highest BCUT2D eigenvalue weighted by Gasteiger charge is 2.19. The number of piperazine rings is 1. The first-order valence-electron chi connectivity index (χ1n) is 8.53. The third-order valence-corrected chi connectivity index (χ3v) is 6.03. The van der Waals surface area contributed by atoms with Crippen LogP contribution in [0, 0.1) is 0 Å². The highest BCUT2D eigenvalue weighted by atomic mass is 79.9. The first-order chi connectivity index (χ1) is 12.3.